The quantitative estimate of drug-likeness (QED) is 0.0448. The van der Waals surface area contributed by atoms with E-state index in [9.17, 15) is 114 Å². The zero-order valence-corrected chi connectivity index (χ0v) is 69.0. The molecule has 0 unspecified atom stereocenters. The third kappa shape index (κ3) is 15.7. The van der Waals surface area contributed by atoms with Gasteiger partial charge in [0.25, 0.3) is 0 Å². The molecule has 0 atom stereocenters. The molecule has 10 heterocycles. The molecule has 0 fully saturated rings. The maximum absolute atomic E-state index is 14.2. The summed E-state index contributed by atoms with van der Waals surface area (Å²) in [7, 11) is 0. The molecular formula is C99H47F3O34. The van der Waals surface area contributed by atoms with Crippen LogP contribution in [0, 0.1) is 0 Å². The number of hydrogen-bond donors (Lipinski definition) is 0. The third-order valence-corrected chi connectivity index (χ3v) is 22.8. The maximum Gasteiger partial charge on any atom is 0.402 e. The van der Waals surface area contributed by atoms with Crippen molar-refractivity contribution in [2.45, 2.75) is 37.8 Å². The van der Waals surface area contributed by atoms with Crippen molar-refractivity contribution in [1.82, 2.24) is 0 Å². The fourth-order valence-electron chi connectivity index (χ4n) is 15.4. The lowest BCUT2D eigenvalue weighted by Crippen LogP contribution is -2.41. The maximum atomic E-state index is 14.2. The van der Waals surface area contributed by atoms with Crippen molar-refractivity contribution in [2.24, 2.45) is 0 Å². The van der Waals surface area contributed by atoms with Crippen LogP contribution in [0.5, 0.6) is 34.5 Å². The number of carbonyl (C=O) groups is 21. The second-order valence-electron chi connectivity index (χ2n) is 31.1. The number of alkyl halides is 3. The van der Waals surface area contributed by atoms with Crippen LogP contribution in [0.25, 0.3) is 11.1 Å². The molecule has 34 nitrogen and oxygen atoms in total. The Hall–Kier alpha value is -19.1. The number of esters is 20. The predicted molar refractivity (Wildman–Crippen MR) is 442 cm³/mol. The van der Waals surface area contributed by atoms with E-state index < -0.39 is 137 Å². The Labute approximate surface area is 755 Å². The van der Waals surface area contributed by atoms with E-state index >= 15 is 0 Å². The molecule has 10 aliphatic rings. The molecule has 0 spiro atoms. The van der Waals surface area contributed by atoms with E-state index in [1.165, 1.54) is 121 Å². The molecule has 12 aromatic rings. The summed E-state index contributed by atoms with van der Waals surface area (Å²) >= 11 is 0. The fourth-order valence-corrected chi connectivity index (χ4v) is 15.4. The number of benzene rings is 12. The van der Waals surface area contributed by atoms with Crippen LogP contribution >= 0.6 is 0 Å². The van der Waals surface area contributed by atoms with Gasteiger partial charge < -0.3 is 61.6 Å². The van der Waals surface area contributed by atoms with E-state index in [1.54, 1.807) is 24.3 Å². The van der Waals surface area contributed by atoms with Gasteiger partial charge >= 0.3 is 126 Å². The average molecular weight is 1840 g/mol. The number of rotatable bonds is 13. The average Bonchev–Trinajstić information content (AvgIpc) is 1.50. The van der Waals surface area contributed by atoms with Gasteiger partial charge in [0.2, 0.25) is 0 Å². The number of cyclic esters (lactones) is 20. The van der Waals surface area contributed by atoms with Crippen LogP contribution in [0.15, 0.2) is 231 Å². The highest BCUT2D eigenvalue weighted by Crippen LogP contribution is 2.49. The highest BCUT2D eigenvalue weighted by Gasteiger charge is 2.55. The summed E-state index contributed by atoms with van der Waals surface area (Å²) in [5.74, 6) is -13.2. The molecule has 12 aromatic carbocycles. The second kappa shape index (κ2) is 33.1. The minimum Gasteiger partial charge on any atom is -0.457 e. The monoisotopic (exact) mass is 1840 g/mol. The summed E-state index contributed by atoms with van der Waals surface area (Å²) in [6.45, 7) is 5.08. The van der Waals surface area contributed by atoms with Gasteiger partial charge in [0, 0.05) is 16.5 Å². The summed E-state index contributed by atoms with van der Waals surface area (Å²) in [4.78, 5) is 244. The highest BCUT2D eigenvalue weighted by molar-refractivity contribution is 6.23. The van der Waals surface area contributed by atoms with Crippen molar-refractivity contribution >= 4 is 125 Å². The van der Waals surface area contributed by atoms with Gasteiger partial charge in [0.1, 0.15) is 39.9 Å². The molecule has 0 N–H and O–H groups in total. The van der Waals surface area contributed by atoms with Crippen LogP contribution < -0.4 is 14.2 Å². The van der Waals surface area contributed by atoms with Crippen molar-refractivity contribution in [3.63, 3.8) is 0 Å². The Balaban J connectivity index is 0.000000115. The first-order chi connectivity index (χ1) is 64.7. The molecule has 0 bridgehead atoms. The smallest absolute Gasteiger partial charge is 0.402 e. The number of fused-ring (bicyclic) bond motifs is 10. The van der Waals surface area contributed by atoms with Gasteiger partial charge in [-0.05, 0) is 210 Å². The zero-order chi connectivity index (χ0) is 96.3. The first-order valence-corrected chi connectivity index (χ1v) is 39.7. The minimum atomic E-state index is -4.84. The molecule has 0 amide bonds. The van der Waals surface area contributed by atoms with E-state index in [0.717, 1.165) is 54.4 Å². The summed E-state index contributed by atoms with van der Waals surface area (Å²) in [6, 6.07) is 56.6. The Morgan fingerprint density at radius 3 is 0.618 bits per heavy atom. The number of hydrogen-bond acceptors (Lipinski definition) is 34. The molecular weight excluding hydrogens is 1790 g/mol. The van der Waals surface area contributed by atoms with Crippen LogP contribution in [0.2, 0.25) is 0 Å². The number of halogens is 3. The molecule has 0 aliphatic carbocycles. The lowest BCUT2D eigenvalue weighted by Gasteiger charge is -2.33. The summed E-state index contributed by atoms with van der Waals surface area (Å²) < 4.78 is 105. The minimum absolute atomic E-state index is 0.0154. The van der Waals surface area contributed by atoms with Crippen molar-refractivity contribution in [1.29, 1.82) is 0 Å². The van der Waals surface area contributed by atoms with E-state index in [1.807, 2.05) is 48.5 Å². The molecule has 136 heavy (non-hydrogen) atoms. The molecule has 22 rings (SSSR count). The van der Waals surface area contributed by atoms with Gasteiger partial charge in [-0.15, -0.1) is 0 Å². The number of ether oxygens (including phenoxy) is 13. The van der Waals surface area contributed by atoms with Crippen LogP contribution in [0.1, 0.15) is 266 Å². The molecule has 10 aliphatic heterocycles. The standard InChI is InChI=1S/C31H20O8.C19H9F3O6.C17H6O7.C16H6O7.C16H6O6/c1-31(2,17-3-7-19(8-4-17)36-21-11-13-23-25(15-21)29(34)38-27(23)32)18-5-9-20(10-6-18)37-22-12-14-24-26(16-22)30(35)39-28(24)33;1-18(19(20,21)22,8-2-4-10-12(6-8)16(25)27-14(10)23)9-3-5-11-13(7-9)17(26)28-15(11)24;18-13(7-1-3-9-11(5-7)16(21)23-14(9)19)8-2-4-10-12(6-8)17(22)24-15(10)20;17-13-9-3-1-7(5-11(9)15(19)22-13)21-8-2-4-10-12(6-8)16(20)23-14(10)18;17-13-9-3-1-7(5-11(9)15(19)21-13)8-2-4-10-12(6-8)16(20)22-14(10)18/h3-16H,1-2H3;2-7H,1H3;1-6H;1-6H;1-6H. The zero-order valence-electron chi connectivity index (χ0n) is 69.0. The largest absolute Gasteiger partial charge is 0.457 e. The lowest BCUT2D eigenvalue weighted by molar-refractivity contribution is -0.173. The van der Waals surface area contributed by atoms with Crippen molar-refractivity contribution in [3.8, 4) is 45.6 Å². The SMILES string of the molecule is CC(C)(c1ccc(Oc2ccc3c(c2)C(=O)OC3=O)cc1)c1ccc(Oc2ccc3c(c2)C(=O)OC3=O)cc1.CC(c1ccc2c(c1)C(=O)OC2=O)(c1ccc2c(c1)C(=O)OC2=O)C(F)(F)F.O=C(c1ccc2c(c1)C(=O)OC2=O)c1ccc2c(c1)C(=O)OC2=O.O=C1OC(=O)c2cc(-c3ccc4c(c3)C(=O)OC4=O)ccc21.O=C1OC(=O)c2cc(Oc3ccc4c(c3)C(=O)OC4=O)ccc21. The third-order valence-electron chi connectivity index (χ3n) is 22.8. The summed E-state index contributed by atoms with van der Waals surface area (Å²) in [5, 5.41) is 0. The fraction of sp³-hybridized carbons (Fsp3) is 0.0606. The van der Waals surface area contributed by atoms with E-state index in [-0.39, 0.29) is 150 Å². The second-order valence-corrected chi connectivity index (χ2v) is 31.1. The summed E-state index contributed by atoms with van der Waals surface area (Å²) in [6.07, 6.45) is -4.84. The van der Waals surface area contributed by atoms with Gasteiger partial charge in [0.15, 0.2) is 5.78 Å². The normalized spacial score (nSPS) is 15.0. The molecule has 0 saturated carbocycles. The predicted octanol–water partition coefficient (Wildman–Crippen LogP) is 15.0. The van der Waals surface area contributed by atoms with E-state index in [4.69, 9.17) is 14.2 Å². The molecule has 0 aromatic heterocycles. The van der Waals surface area contributed by atoms with Crippen LogP contribution in [0.4, 0.5) is 13.2 Å². The number of ketones is 1. The molecule has 0 saturated heterocycles. The van der Waals surface area contributed by atoms with Crippen LogP contribution in [-0.2, 0) is 58.2 Å². The Morgan fingerprint density at radius 1 is 0.199 bits per heavy atom. The molecule has 0 radical (unpaired) electrons. The van der Waals surface area contributed by atoms with Gasteiger partial charge in [-0.2, -0.15) is 13.2 Å². The first kappa shape index (κ1) is 87.6. The molecule has 37 heteroatoms. The van der Waals surface area contributed by atoms with E-state index in [2.05, 4.69) is 61.2 Å². The Bertz CT molecular complexity index is 7240. The van der Waals surface area contributed by atoms with Gasteiger partial charge in [-0.3, -0.25) is 4.79 Å². The highest BCUT2D eigenvalue weighted by atomic mass is 19.4. The molecule has 668 valence electrons. The van der Waals surface area contributed by atoms with Crippen LogP contribution in [-0.4, -0.2) is 131 Å². The lowest BCUT2D eigenvalue weighted by atomic mass is 9.74. The Morgan fingerprint density at radius 2 is 0.375 bits per heavy atom. The topological polar surface area (TPSA) is 478 Å². The Kier molecular flexibility index (Phi) is 21.3. The van der Waals surface area contributed by atoms with Gasteiger partial charge in [0.05, 0.1) is 111 Å². The van der Waals surface area contributed by atoms with Crippen LogP contribution in [0.3, 0.4) is 0 Å². The van der Waals surface area contributed by atoms with Gasteiger partial charge in [-0.25, -0.2) is 95.9 Å². The van der Waals surface area contributed by atoms with Crippen molar-refractivity contribution in [2.75, 3.05) is 0 Å². The summed E-state index contributed by atoms with van der Waals surface area (Å²) in [5.41, 5.74) is 1.65. The first-order valence-electron chi connectivity index (χ1n) is 39.7. The van der Waals surface area contributed by atoms with Crippen molar-refractivity contribution < 1.29 is 175 Å². The number of carbonyl (C=O) groups excluding carboxylic acids is 21. The van der Waals surface area contributed by atoms with Crippen molar-refractivity contribution in [3.05, 3.63) is 375 Å². The van der Waals surface area contributed by atoms with Gasteiger partial charge in [-0.1, -0.05) is 74.5 Å². The van der Waals surface area contributed by atoms with E-state index in [0.29, 0.717) is 34.1 Å².